The standard InChI is InChI=1S/C24H22N2O4S/c1-2-16-29-23(28)18-8-10-19(11-9-18)25-24(31)26-22(27)15-13-20-12-14-21(30-20)17-6-4-3-5-7-17/h3-15H,2,16H2,1H3,(H2,25,26,27,31)/b15-13+. The molecule has 0 aliphatic carbocycles. The van der Waals surface area contributed by atoms with E-state index in [0.29, 0.717) is 23.6 Å². The highest BCUT2D eigenvalue weighted by Gasteiger charge is 2.08. The molecule has 2 aromatic carbocycles. The van der Waals surface area contributed by atoms with Crippen molar-refractivity contribution in [2.75, 3.05) is 11.9 Å². The van der Waals surface area contributed by atoms with Gasteiger partial charge in [-0.25, -0.2) is 4.79 Å². The Balaban J connectivity index is 1.50. The molecule has 0 bridgehead atoms. The summed E-state index contributed by atoms with van der Waals surface area (Å²) in [6.07, 6.45) is 3.68. The minimum Gasteiger partial charge on any atom is -0.462 e. The second kappa shape index (κ2) is 10.9. The number of amides is 1. The molecule has 1 aromatic heterocycles. The van der Waals surface area contributed by atoms with E-state index in [4.69, 9.17) is 21.4 Å². The van der Waals surface area contributed by atoms with Crippen molar-refractivity contribution >= 4 is 41.0 Å². The van der Waals surface area contributed by atoms with Crippen molar-refractivity contribution in [2.24, 2.45) is 0 Å². The van der Waals surface area contributed by atoms with Crippen molar-refractivity contribution in [2.45, 2.75) is 13.3 Å². The zero-order chi connectivity index (χ0) is 22.1. The quantitative estimate of drug-likeness (QED) is 0.308. The van der Waals surface area contributed by atoms with E-state index in [1.54, 1.807) is 36.4 Å². The third kappa shape index (κ3) is 6.65. The molecule has 3 aromatic rings. The smallest absolute Gasteiger partial charge is 0.338 e. The maximum atomic E-state index is 12.1. The Kier molecular flexibility index (Phi) is 7.73. The number of carbonyl (C=O) groups excluding carboxylic acids is 2. The number of ether oxygens (including phenoxy) is 1. The van der Waals surface area contributed by atoms with Crippen LogP contribution in [0.1, 0.15) is 29.5 Å². The molecular formula is C24H22N2O4S. The van der Waals surface area contributed by atoms with Gasteiger partial charge in [0.15, 0.2) is 5.11 Å². The average molecular weight is 435 g/mol. The molecule has 0 fully saturated rings. The predicted octanol–water partition coefficient (Wildman–Crippen LogP) is 5.04. The van der Waals surface area contributed by atoms with E-state index in [2.05, 4.69) is 10.6 Å². The van der Waals surface area contributed by atoms with Crippen LogP contribution in [0.25, 0.3) is 17.4 Å². The van der Waals surface area contributed by atoms with Gasteiger partial charge in [-0.3, -0.25) is 10.1 Å². The monoisotopic (exact) mass is 434 g/mol. The zero-order valence-corrected chi connectivity index (χ0v) is 17.8. The molecule has 0 saturated carbocycles. The molecule has 1 heterocycles. The molecule has 0 radical (unpaired) electrons. The molecule has 2 N–H and O–H groups in total. The Bertz CT molecular complexity index is 1070. The molecule has 1 amide bonds. The summed E-state index contributed by atoms with van der Waals surface area (Å²) < 4.78 is 10.8. The first-order valence-corrected chi connectivity index (χ1v) is 10.2. The van der Waals surface area contributed by atoms with Gasteiger partial charge in [-0.15, -0.1) is 0 Å². The first-order valence-electron chi connectivity index (χ1n) is 9.77. The van der Waals surface area contributed by atoms with Crippen molar-refractivity contribution in [1.29, 1.82) is 0 Å². The summed E-state index contributed by atoms with van der Waals surface area (Å²) in [6, 6.07) is 20.0. The largest absolute Gasteiger partial charge is 0.462 e. The first kappa shape index (κ1) is 22.0. The maximum absolute atomic E-state index is 12.1. The lowest BCUT2D eigenvalue weighted by Crippen LogP contribution is -2.32. The van der Waals surface area contributed by atoms with E-state index in [9.17, 15) is 9.59 Å². The minimum absolute atomic E-state index is 0.139. The van der Waals surface area contributed by atoms with Crippen LogP contribution in [0.2, 0.25) is 0 Å². The lowest BCUT2D eigenvalue weighted by molar-refractivity contribution is -0.115. The molecule has 7 heteroatoms. The zero-order valence-electron chi connectivity index (χ0n) is 17.0. The first-order chi connectivity index (χ1) is 15.0. The maximum Gasteiger partial charge on any atom is 0.338 e. The van der Waals surface area contributed by atoms with Crippen LogP contribution in [-0.4, -0.2) is 23.6 Å². The number of nitrogens with one attached hydrogen (secondary N) is 2. The van der Waals surface area contributed by atoms with Gasteiger partial charge in [0.05, 0.1) is 12.2 Å². The summed E-state index contributed by atoms with van der Waals surface area (Å²) in [6.45, 7) is 2.31. The molecule has 0 saturated heterocycles. The van der Waals surface area contributed by atoms with Gasteiger partial charge in [0, 0.05) is 17.3 Å². The van der Waals surface area contributed by atoms with Gasteiger partial charge in [-0.05, 0) is 61.1 Å². The van der Waals surface area contributed by atoms with Gasteiger partial charge in [-0.2, -0.15) is 0 Å². The van der Waals surface area contributed by atoms with Gasteiger partial charge < -0.3 is 14.5 Å². The number of carbonyl (C=O) groups is 2. The Morgan fingerprint density at radius 2 is 1.77 bits per heavy atom. The molecule has 0 unspecified atom stereocenters. The fraction of sp³-hybridized carbons (Fsp3) is 0.125. The molecule has 158 valence electrons. The lowest BCUT2D eigenvalue weighted by atomic mass is 10.2. The van der Waals surface area contributed by atoms with Crippen LogP contribution in [-0.2, 0) is 9.53 Å². The molecule has 6 nitrogen and oxygen atoms in total. The van der Waals surface area contributed by atoms with Crippen LogP contribution in [0.5, 0.6) is 0 Å². The second-order valence-electron chi connectivity index (χ2n) is 6.56. The van der Waals surface area contributed by atoms with E-state index in [-0.39, 0.29) is 11.1 Å². The fourth-order valence-corrected chi connectivity index (χ4v) is 2.86. The third-order valence-electron chi connectivity index (χ3n) is 4.14. The summed E-state index contributed by atoms with van der Waals surface area (Å²) in [5.41, 5.74) is 2.05. The predicted molar refractivity (Wildman–Crippen MR) is 125 cm³/mol. The van der Waals surface area contributed by atoms with Gasteiger partial charge >= 0.3 is 5.97 Å². The summed E-state index contributed by atoms with van der Waals surface area (Å²) in [7, 11) is 0. The Morgan fingerprint density at radius 1 is 1.03 bits per heavy atom. The highest BCUT2D eigenvalue weighted by molar-refractivity contribution is 7.80. The van der Waals surface area contributed by atoms with Crippen LogP contribution in [0, 0.1) is 0 Å². The fourth-order valence-electron chi connectivity index (χ4n) is 2.64. The number of hydrogen-bond acceptors (Lipinski definition) is 5. The van der Waals surface area contributed by atoms with Gasteiger partial charge in [-0.1, -0.05) is 37.3 Å². The highest BCUT2D eigenvalue weighted by Crippen LogP contribution is 2.22. The number of hydrogen-bond donors (Lipinski definition) is 2. The number of rotatable bonds is 7. The van der Waals surface area contributed by atoms with Crippen LogP contribution in [0.4, 0.5) is 5.69 Å². The Morgan fingerprint density at radius 3 is 2.48 bits per heavy atom. The summed E-state index contributed by atoms with van der Waals surface area (Å²) in [5, 5.41) is 5.60. The van der Waals surface area contributed by atoms with E-state index >= 15 is 0 Å². The minimum atomic E-state index is -0.394. The highest BCUT2D eigenvalue weighted by atomic mass is 32.1. The van der Waals surface area contributed by atoms with Crippen LogP contribution in [0.15, 0.2) is 77.2 Å². The van der Waals surface area contributed by atoms with E-state index in [1.165, 1.54) is 6.08 Å². The molecule has 0 atom stereocenters. The summed E-state index contributed by atoms with van der Waals surface area (Å²) in [4.78, 5) is 23.9. The average Bonchev–Trinajstić information content (AvgIpc) is 3.26. The van der Waals surface area contributed by atoms with Crippen molar-refractivity contribution < 1.29 is 18.7 Å². The summed E-state index contributed by atoms with van der Waals surface area (Å²) >= 11 is 5.16. The molecule has 0 spiro atoms. The van der Waals surface area contributed by atoms with Crippen LogP contribution in [0.3, 0.4) is 0 Å². The van der Waals surface area contributed by atoms with Gasteiger partial charge in [0.1, 0.15) is 11.5 Å². The number of anilines is 1. The van der Waals surface area contributed by atoms with Crippen molar-refractivity contribution in [3.05, 3.63) is 84.1 Å². The molecule has 31 heavy (non-hydrogen) atoms. The Hall–Kier alpha value is -3.71. The van der Waals surface area contributed by atoms with Gasteiger partial charge in [0.2, 0.25) is 5.91 Å². The van der Waals surface area contributed by atoms with E-state index in [0.717, 1.165) is 17.7 Å². The molecule has 3 rings (SSSR count). The normalized spacial score (nSPS) is 10.6. The van der Waals surface area contributed by atoms with E-state index in [1.807, 2.05) is 43.3 Å². The van der Waals surface area contributed by atoms with Crippen molar-refractivity contribution in [3.63, 3.8) is 0 Å². The topological polar surface area (TPSA) is 80.6 Å². The Labute approximate surface area is 185 Å². The second-order valence-corrected chi connectivity index (χ2v) is 6.97. The SMILES string of the molecule is CCCOC(=O)c1ccc(NC(=S)NC(=O)/C=C/c2ccc(-c3ccccc3)o2)cc1. The van der Waals surface area contributed by atoms with E-state index < -0.39 is 5.91 Å². The van der Waals surface area contributed by atoms with Crippen LogP contribution < -0.4 is 10.6 Å². The number of esters is 1. The van der Waals surface area contributed by atoms with Crippen molar-refractivity contribution in [1.82, 2.24) is 5.32 Å². The van der Waals surface area contributed by atoms with Crippen molar-refractivity contribution in [3.8, 4) is 11.3 Å². The molecular weight excluding hydrogens is 412 g/mol. The number of thiocarbonyl (C=S) groups is 1. The van der Waals surface area contributed by atoms with Gasteiger partial charge in [0.25, 0.3) is 0 Å². The van der Waals surface area contributed by atoms with Crippen LogP contribution >= 0.6 is 12.2 Å². The number of furan rings is 1. The number of benzene rings is 2. The summed E-state index contributed by atoms with van der Waals surface area (Å²) in [5.74, 6) is 0.510. The molecule has 0 aliphatic heterocycles. The lowest BCUT2D eigenvalue weighted by Gasteiger charge is -2.09. The molecule has 0 aliphatic rings. The third-order valence-corrected chi connectivity index (χ3v) is 4.34.